The van der Waals surface area contributed by atoms with E-state index in [9.17, 15) is 9.65 Å². The molecule has 1 aromatic carbocycles. The molecule has 0 bridgehead atoms. The lowest BCUT2D eigenvalue weighted by molar-refractivity contribution is 0.519. The van der Waals surface area contributed by atoms with Gasteiger partial charge in [-0.25, -0.2) is 9.37 Å². The lowest BCUT2D eigenvalue weighted by atomic mass is 10.1. The summed E-state index contributed by atoms with van der Waals surface area (Å²) in [5, 5.41) is 9.29. The number of hydrogen-bond donors (Lipinski definition) is 0. The molecule has 4 heteroatoms. The van der Waals surface area contributed by atoms with Crippen molar-refractivity contribution in [1.82, 2.24) is 9.55 Å². The molecule has 2 aromatic rings. The summed E-state index contributed by atoms with van der Waals surface area (Å²) in [4.78, 5) is 4.51. The average Bonchev–Trinajstić information content (AvgIpc) is 2.77. The largest absolute Gasteiger partial charge is 0.319 e. The summed E-state index contributed by atoms with van der Waals surface area (Å²) in [6.45, 7) is 0.834. The van der Waals surface area contributed by atoms with Crippen LogP contribution < -0.4 is 0 Å². The van der Waals surface area contributed by atoms with Crippen molar-refractivity contribution < 1.29 is 4.39 Å². The zero-order valence-electron chi connectivity index (χ0n) is 9.86. The van der Waals surface area contributed by atoms with Crippen molar-refractivity contribution in [3.05, 3.63) is 41.6 Å². The number of aromatic nitrogens is 2. The van der Waals surface area contributed by atoms with Crippen molar-refractivity contribution in [2.75, 3.05) is 0 Å². The third-order valence-corrected chi connectivity index (χ3v) is 3.28. The normalized spacial score (nSPS) is 14.0. The highest BCUT2D eigenvalue weighted by Gasteiger charge is 2.20. The highest BCUT2D eigenvalue weighted by Crippen LogP contribution is 2.27. The molecular weight excluding hydrogens is 229 g/mol. The molecule has 0 unspecified atom stereocenters. The molecule has 1 aliphatic rings. The third kappa shape index (κ3) is 1.68. The Kier molecular flexibility index (Phi) is 2.60. The molecule has 0 aliphatic carbocycles. The molecule has 0 radical (unpaired) electrons. The zero-order valence-corrected chi connectivity index (χ0v) is 9.86. The molecule has 1 aliphatic heterocycles. The Morgan fingerprint density at radius 1 is 1.33 bits per heavy atom. The summed E-state index contributed by atoms with van der Waals surface area (Å²) in [5.74, 6) is 0.638. The van der Waals surface area contributed by atoms with Crippen LogP contribution in [0.2, 0.25) is 0 Å². The van der Waals surface area contributed by atoms with E-state index in [1.54, 1.807) is 12.1 Å². The quantitative estimate of drug-likeness (QED) is 0.770. The van der Waals surface area contributed by atoms with Crippen LogP contribution in [0.5, 0.6) is 0 Å². The van der Waals surface area contributed by atoms with Crippen molar-refractivity contribution in [1.29, 1.82) is 5.26 Å². The van der Waals surface area contributed by atoms with E-state index in [0.717, 1.165) is 31.6 Å². The van der Waals surface area contributed by atoms with E-state index in [4.69, 9.17) is 0 Å². The van der Waals surface area contributed by atoms with E-state index in [0.29, 0.717) is 17.0 Å². The molecule has 0 N–H and O–H groups in total. The summed E-state index contributed by atoms with van der Waals surface area (Å²) in [5.41, 5.74) is 1.83. The summed E-state index contributed by atoms with van der Waals surface area (Å²) >= 11 is 0. The van der Waals surface area contributed by atoms with E-state index in [2.05, 4.69) is 11.1 Å². The van der Waals surface area contributed by atoms with Crippen LogP contribution in [0.3, 0.4) is 0 Å². The maximum Gasteiger partial charge on any atom is 0.148 e. The first-order chi connectivity index (χ1) is 8.79. The van der Waals surface area contributed by atoms with Gasteiger partial charge >= 0.3 is 0 Å². The fourth-order valence-electron chi connectivity index (χ4n) is 2.43. The van der Waals surface area contributed by atoms with Gasteiger partial charge in [-0.1, -0.05) is 12.1 Å². The van der Waals surface area contributed by atoms with Gasteiger partial charge in [0.2, 0.25) is 0 Å². The average molecular weight is 241 g/mol. The topological polar surface area (TPSA) is 41.6 Å². The van der Waals surface area contributed by atoms with E-state index in [-0.39, 0.29) is 5.82 Å². The standard InChI is InChI=1S/C14H12FN3/c15-11-5-3-4-10(8-11)14-12(9-16)18-7-2-1-6-13(18)17-14/h3-5,8H,1-2,6-7H2. The molecule has 0 atom stereocenters. The van der Waals surface area contributed by atoms with Crippen molar-refractivity contribution in [2.24, 2.45) is 0 Å². The first-order valence-electron chi connectivity index (χ1n) is 6.05. The van der Waals surface area contributed by atoms with Gasteiger partial charge in [-0.15, -0.1) is 0 Å². The maximum absolute atomic E-state index is 13.3. The third-order valence-electron chi connectivity index (χ3n) is 3.28. The molecule has 3 rings (SSSR count). The van der Waals surface area contributed by atoms with Crippen LogP contribution in [0.1, 0.15) is 24.4 Å². The van der Waals surface area contributed by atoms with Gasteiger partial charge in [-0.2, -0.15) is 5.26 Å². The molecule has 2 heterocycles. The minimum atomic E-state index is -0.303. The number of aryl methyl sites for hydroxylation is 1. The Morgan fingerprint density at radius 3 is 3.00 bits per heavy atom. The van der Waals surface area contributed by atoms with Crippen molar-refractivity contribution in [3.8, 4) is 17.3 Å². The number of imidazole rings is 1. The minimum Gasteiger partial charge on any atom is -0.319 e. The smallest absolute Gasteiger partial charge is 0.148 e. The molecule has 0 fully saturated rings. The van der Waals surface area contributed by atoms with E-state index >= 15 is 0 Å². The van der Waals surface area contributed by atoms with E-state index in [1.807, 2.05) is 4.57 Å². The van der Waals surface area contributed by atoms with Crippen LogP contribution in [0.25, 0.3) is 11.3 Å². The number of benzene rings is 1. The van der Waals surface area contributed by atoms with Gasteiger partial charge in [-0.3, -0.25) is 0 Å². The number of hydrogen-bond acceptors (Lipinski definition) is 2. The Hall–Kier alpha value is -2.15. The minimum absolute atomic E-state index is 0.303. The highest BCUT2D eigenvalue weighted by molar-refractivity contribution is 5.65. The summed E-state index contributed by atoms with van der Waals surface area (Å²) in [6, 6.07) is 8.45. The van der Waals surface area contributed by atoms with E-state index < -0.39 is 0 Å². The van der Waals surface area contributed by atoms with Crippen molar-refractivity contribution >= 4 is 0 Å². The molecule has 0 saturated carbocycles. The van der Waals surface area contributed by atoms with Gasteiger partial charge in [0, 0.05) is 18.5 Å². The summed E-state index contributed by atoms with van der Waals surface area (Å²) in [6.07, 6.45) is 3.06. The number of nitriles is 1. The number of nitrogens with zero attached hydrogens (tertiary/aromatic N) is 3. The Balaban J connectivity index is 2.18. The Bertz CT molecular complexity index is 637. The monoisotopic (exact) mass is 241 g/mol. The molecular formula is C14H12FN3. The van der Waals surface area contributed by atoms with Gasteiger partial charge in [0.25, 0.3) is 0 Å². The predicted octanol–water partition coefficient (Wildman–Crippen LogP) is 2.90. The summed E-state index contributed by atoms with van der Waals surface area (Å²) in [7, 11) is 0. The number of rotatable bonds is 1. The molecule has 0 spiro atoms. The first-order valence-corrected chi connectivity index (χ1v) is 6.05. The van der Waals surface area contributed by atoms with Crippen LogP contribution in [-0.4, -0.2) is 9.55 Å². The molecule has 0 saturated heterocycles. The van der Waals surface area contributed by atoms with Crippen LogP contribution in [0.4, 0.5) is 4.39 Å². The lowest BCUT2D eigenvalue weighted by Crippen LogP contribution is -2.11. The molecule has 1 aromatic heterocycles. The molecule has 90 valence electrons. The van der Waals surface area contributed by atoms with Gasteiger partial charge in [0.05, 0.1) is 0 Å². The predicted molar refractivity (Wildman–Crippen MR) is 65.3 cm³/mol. The molecule has 18 heavy (non-hydrogen) atoms. The van der Waals surface area contributed by atoms with Crippen LogP contribution in [-0.2, 0) is 13.0 Å². The van der Waals surface area contributed by atoms with Crippen LogP contribution >= 0.6 is 0 Å². The SMILES string of the molecule is N#Cc1c(-c2cccc(F)c2)nc2n1CCCC2. The van der Waals surface area contributed by atoms with Crippen molar-refractivity contribution in [2.45, 2.75) is 25.8 Å². The van der Waals surface area contributed by atoms with Gasteiger partial charge in [0.1, 0.15) is 29.1 Å². The number of halogens is 1. The number of fused-ring (bicyclic) bond motifs is 1. The second-order valence-electron chi connectivity index (χ2n) is 4.46. The second-order valence-corrected chi connectivity index (χ2v) is 4.46. The Labute approximate surface area is 105 Å². The Morgan fingerprint density at radius 2 is 2.22 bits per heavy atom. The van der Waals surface area contributed by atoms with Crippen LogP contribution in [0, 0.1) is 17.1 Å². The molecule has 0 amide bonds. The van der Waals surface area contributed by atoms with E-state index in [1.165, 1.54) is 12.1 Å². The lowest BCUT2D eigenvalue weighted by Gasteiger charge is -2.13. The zero-order chi connectivity index (χ0) is 12.5. The fraction of sp³-hybridized carbons (Fsp3) is 0.286. The molecule has 3 nitrogen and oxygen atoms in total. The van der Waals surface area contributed by atoms with Gasteiger partial charge < -0.3 is 4.57 Å². The first kappa shape index (κ1) is 11.0. The maximum atomic E-state index is 13.3. The van der Waals surface area contributed by atoms with Gasteiger partial charge in [0.15, 0.2) is 0 Å². The van der Waals surface area contributed by atoms with Crippen molar-refractivity contribution in [3.63, 3.8) is 0 Å². The van der Waals surface area contributed by atoms with Gasteiger partial charge in [-0.05, 0) is 25.0 Å². The van der Waals surface area contributed by atoms with Crippen LogP contribution in [0.15, 0.2) is 24.3 Å². The summed E-state index contributed by atoms with van der Waals surface area (Å²) < 4.78 is 15.2. The second kappa shape index (κ2) is 4.26. The fourth-order valence-corrected chi connectivity index (χ4v) is 2.43. The highest BCUT2D eigenvalue weighted by atomic mass is 19.1.